The molecule has 1 spiro atoms. The Labute approximate surface area is 151 Å². The van der Waals surface area contributed by atoms with Crippen LogP contribution in [0.1, 0.15) is 45.1 Å². The Morgan fingerprint density at radius 3 is 2.42 bits per heavy atom. The maximum atomic E-state index is 13.4. The van der Waals surface area contributed by atoms with Crippen molar-refractivity contribution in [3.63, 3.8) is 0 Å². The molecular formula is C19H29ClN2O2. The van der Waals surface area contributed by atoms with E-state index < -0.39 is 0 Å². The number of nitrogens with zero attached hydrogens (tertiary/aromatic N) is 1. The fraction of sp³-hybridized carbons (Fsp3) is 0.632. The number of hydrogen-bond acceptors (Lipinski definition) is 3. The van der Waals surface area contributed by atoms with Crippen molar-refractivity contribution in [1.29, 1.82) is 0 Å². The quantitative estimate of drug-likeness (QED) is 0.888. The minimum atomic E-state index is -0.285. The Morgan fingerprint density at radius 1 is 1.21 bits per heavy atom. The maximum Gasteiger partial charge on any atom is 0.230 e. The standard InChI is InChI=1S/C19H28N2O2.ClH/c1-18(2,3)21-13-15(14-7-5-6-8-16(14)23-4)19(17(21)22)9-11-20-12-10-19;/h5-8,15,20H,9-13H2,1-4H3;1H. The number of piperidine rings is 1. The van der Waals surface area contributed by atoms with Crippen molar-refractivity contribution in [1.82, 2.24) is 10.2 Å². The van der Waals surface area contributed by atoms with Crippen LogP contribution >= 0.6 is 12.4 Å². The summed E-state index contributed by atoms with van der Waals surface area (Å²) in [5.41, 5.74) is 0.746. The molecule has 1 aromatic carbocycles. The third-order valence-electron chi connectivity index (χ3n) is 5.52. The summed E-state index contributed by atoms with van der Waals surface area (Å²) in [5.74, 6) is 1.42. The number of benzene rings is 1. The molecule has 1 aromatic rings. The van der Waals surface area contributed by atoms with Gasteiger partial charge in [0.05, 0.1) is 12.5 Å². The number of hydrogen-bond donors (Lipinski definition) is 1. The summed E-state index contributed by atoms with van der Waals surface area (Å²) in [6.45, 7) is 8.99. The highest BCUT2D eigenvalue weighted by Gasteiger charge is 2.56. The van der Waals surface area contributed by atoms with Crippen molar-refractivity contribution in [2.45, 2.75) is 45.1 Å². The SMILES string of the molecule is COc1ccccc1C1CN(C(C)(C)C)C(=O)C12CCNCC2.Cl. The van der Waals surface area contributed by atoms with Gasteiger partial charge in [-0.3, -0.25) is 4.79 Å². The summed E-state index contributed by atoms with van der Waals surface area (Å²) >= 11 is 0. The van der Waals surface area contributed by atoms with Gasteiger partial charge in [-0.1, -0.05) is 18.2 Å². The number of methoxy groups -OCH3 is 1. The summed E-state index contributed by atoms with van der Waals surface area (Å²) < 4.78 is 5.60. The van der Waals surface area contributed by atoms with Gasteiger partial charge in [-0.2, -0.15) is 0 Å². The number of halogens is 1. The Morgan fingerprint density at radius 2 is 1.83 bits per heavy atom. The van der Waals surface area contributed by atoms with E-state index in [9.17, 15) is 4.79 Å². The topological polar surface area (TPSA) is 41.6 Å². The average Bonchev–Trinajstić information content (AvgIpc) is 2.81. The van der Waals surface area contributed by atoms with Gasteiger partial charge >= 0.3 is 0 Å². The van der Waals surface area contributed by atoms with Crippen molar-refractivity contribution in [2.75, 3.05) is 26.7 Å². The van der Waals surface area contributed by atoms with E-state index in [4.69, 9.17) is 4.74 Å². The summed E-state index contributed by atoms with van der Waals surface area (Å²) in [6.07, 6.45) is 1.81. The van der Waals surface area contributed by atoms with E-state index in [0.717, 1.165) is 38.2 Å². The molecule has 2 fully saturated rings. The predicted molar refractivity (Wildman–Crippen MR) is 99.0 cm³/mol. The number of ether oxygens (including phenoxy) is 1. The molecule has 2 heterocycles. The van der Waals surface area contributed by atoms with E-state index in [1.54, 1.807) is 7.11 Å². The smallest absolute Gasteiger partial charge is 0.230 e. The van der Waals surface area contributed by atoms with Gasteiger partial charge in [0.25, 0.3) is 0 Å². The molecule has 1 N–H and O–H groups in total. The van der Waals surface area contributed by atoms with Gasteiger partial charge in [-0.25, -0.2) is 0 Å². The van der Waals surface area contributed by atoms with Gasteiger partial charge in [0, 0.05) is 23.6 Å². The summed E-state index contributed by atoms with van der Waals surface area (Å²) in [7, 11) is 1.71. The van der Waals surface area contributed by atoms with Crippen LogP contribution in [-0.4, -0.2) is 43.1 Å². The molecule has 1 unspecified atom stereocenters. The van der Waals surface area contributed by atoms with E-state index in [-0.39, 0.29) is 29.3 Å². The minimum Gasteiger partial charge on any atom is -0.496 e. The van der Waals surface area contributed by atoms with Crippen LogP contribution in [-0.2, 0) is 4.79 Å². The number of amides is 1. The first-order chi connectivity index (χ1) is 10.9. The molecule has 1 atom stereocenters. The molecule has 5 heteroatoms. The van der Waals surface area contributed by atoms with Crippen molar-refractivity contribution >= 4 is 18.3 Å². The fourth-order valence-electron chi connectivity index (χ4n) is 4.22. The second-order valence-electron chi connectivity index (χ2n) is 7.79. The Bertz CT molecular complexity index is 591. The lowest BCUT2D eigenvalue weighted by atomic mass is 9.68. The molecular weight excluding hydrogens is 324 g/mol. The lowest BCUT2D eigenvalue weighted by Gasteiger charge is -2.38. The van der Waals surface area contributed by atoms with Crippen LogP contribution in [0.4, 0.5) is 0 Å². The van der Waals surface area contributed by atoms with Gasteiger partial charge < -0.3 is 15.0 Å². The van der Waals surface area contributed by atoms with E-state index in [0.29, 0.717) is 5.91 Å². The molecule has 0 aromatic heterocycles. The molecule has 0 aliphatic carbocycles. The highest BCUT2D eigenvalue weighted by Crippen LogP contribution is 2.52. The molecule has 24 heavy (non-hydrogen) atoms. The van der Waals surface area contributed by atoms with E-state index in [1.165, 1.54) is 5.56 Å². The van der Waals surface area contributed by atoms with Gasteiger partial charge in [0.1, 0.15) is 5.75 Å². The fourth-order valence-corrected chi connectivity index (χ4v) is 4.22. The van der Waals surface area contributed by atoms with Crippen LogP contribution in [0.2, 0.25) is 0 Å². The van der Waals surface area contributed by atoms with Crippen molar-refractivity contribution in [3.8, 4) is 5.75 Å². The highest BCUT2D eigenvalue weighted by molar-refractivity contribution is 5.87. The predicted octanol–water partition coefficient (Wildman–Crippen LogP) is 3.21. The zero-order chi connectivity index (χ0) is 16.7. The zero-order valence-electron chi connectivity index (χ0n) is 15.1. The van der Waals surface area contributed by atoms with Gasteiger partial charge in [0.15, 0.2) is 0 Å². The number of likely N-dealkylation sites (tertiary alicyclic amines) is 1. The van der Waals surface area contributed by atoms with Crippen molar-refractivity contribution in [2.24, 2.45) is 5.41 Å². The zero-order valence-corrected chi connectivity index (χ0v) is 15.9. The van der Waals surface area contributed by atoms with E-state index >= 15 is 0 Å². The van der Waals surface area contributed by atoms with Crippen LogP contribution in [0.25, 0.3) is 0 Å². The van der Waals surface area contributed by atoms with Gasteiger partial charge in [-0.15, -0.1) is 12.4 Å². The van der Waals surface area contributed by atoms with Crippen LogP contribution in [0.15, 0.2) is 24.3 Å². The largest absolute Gasteiger partial charge is 0.496 e. The number of para-hydroxylation sites is 1. The third kappa shape index (κ3) is 3.02. The number of carbonyl (C=O) groups excluding carboxylic acids is 1. The minimum absolute atomic E-state index is 0. The molecule has 3 rings (SSSR count). The van der Waals surface area contributed by atoms with Gasteiger partial charge in [0.2, 0.25) is 5.91 Å². The maximum absolute atomic E-state index is 13.4. The summed E-state index contributed by atoms with van der Waals surface area (Å²) in [6, 6.07) is 8.19. The van der Waals surface area contributed by atoms with Gasteiger partial charge in [-0.05, 0) is 52.8 Å². The van der Waals surface area contributed by atoms with Crippen LogP contribution in [0.5, 0.6) is 5.75 Å². The Kier molecular flexibility index (Phi) is 5.50. The molecule has 4 nitrogen and oxygen atoms in total. The Hall–Kier alpha value is -1.26. The lowest BCUT2D eigenvalue weighted by Crippen LogP contribution is -2.48. The molecule has 2 saturated heterocycles. The van der Waals surface area contributed by atoms with E-state index in [1.807, 2.05) is 12.1 Å². The first kappa shape index (κ1) is 19.1. The highest BCUT2D eigenvalue weighted by atomic mass is 35.5. The summed E-state index contributed by atoms with van der Waals surface area (Å²) in [5, 5.41) is 3.41. The average molecular weight is 353 g/mol. The molecule has 2 aliphatic rings. The molecule has 134 valence electrons. The van der Waals surface area contributed by atoms with Crippen molar-refractivity contribution < 1.29 is 9.53 Å². The second kappa shape index (κ2) is 6.93. The molecule has 0 radical (unpaired) electrons. The first-order valence-electron chi connectivity index (χ1n) is 8.56. The second-order valence-corrected chi connectivity index (χ2v) is 7.79. The molecule has 0 bridgehead atoms. The van der Waals surface area contributed by atoms with Crippen LogP contribution in [0, 0.1) is 5.41 Å². The normalized spacial score (nSPS) is 23.2. The number of carbonyl (C=O) groups is 1. The first-order valence-corrected chi connectivity index (χ1v) is 8.56. The van der Waals surface area contributed by atoms with Crippen molar-refractivity contribution in [3.05, 3.63) is 29.8 Å². The monoisotopic (exact) mass is 352 g/mol. The Balaban J connectivity index is 0.00000208. The number of nitrogens with one attached hydrogen (secondary N) is 1. The van der Waals surface area contributed by atoms with E-state index in [2.05, 4.69) is 43.1 Å². The molecule has 0 saturated carbocycles. The molecule has 1 amide bonds. The third-order valence-corrected chi connectivity index (χ3v) is 5.52. The van der Waals surface area contributed by atoms with Crippen LogP contribution in [0.3, 0.4) is 0 Å². The molecule has 2 aliphatic heterocycles. The summed E-state index contributed by atoms with van der Waals surface area (Å²) in [4.78, 5) is 15.4. The lowest BCUT2D eigenvalue weighted by molar-refractivity contribution is -0.141. The number of rotatable bonds is 2. The van der Waals surface area contributed by atoms with Crippen LogP contribution < -0.4 is 10.1 Å².